The van der Waals surface area contributed by atoms with Gasteiger partial charge < -0.3 is 14.7 Å². The van der Waals surface area contributed by atoms with Crippen LogP contribution < -0.4 is 4.74 Å². The predicted octanol–water partition coefficient (Wildman–Crippen LogP) is 3.56. The van der Waals surface area contributed by atoms with Crippen LogP contribution in [0.15, 0.2) is 47.6 Å². The van der Waals surface area contributed by atoms with Crippen molar-refractivity contribution in [3.8, 4) is 16.9 Å². The van der Waals surface area contributed by atoms with E-state index in [4.69, 9.17) is 4.74 Å². The fraction of sp³-hybridized carbons (Fsp3) is 0.556. The Hall–Kier alpha value is -2.49. The number of aliphatic hydroxyl groups excluding tert-OH is 1. The first-order chi connectivity index (χ1) is 17.2. The SMILES string of the molecule is C[C@H](CO)N1C[C@H](C)[C@@H](CN(C)C(=O)C2CCCCC2)Oc2cc(-c3cccnc3)ccc2S1(=O)=O. The van der Waals surface area contributed by atoms with Gasteiger partial charge in [0.15, 0.2) is 0 Å². The number of aliphatic hydroxyl groups is 1. The van der Waals surface area contributed by atoms with Gasteiger partial charge in [0.2, 0.25) is 15.9 Å². The summed E-state index contributed by atoms with van der Waals surface area (Å²) in [6.45, 7) is 3.88. The van der Waals surface area contributed by atoms with Crippen molar-refractivity contribution in [2.45, 2.75) is 63.0 Å². The first-order valence-corrected chi connectivity index (χ1v) is 14.2. The van der Waals surface area contributed by atoms with E-state index < -0.39 is 22.2 Å². The molecule has 1 N–H and O–H groups in total. The number of carbonyl (C=O) groups excluding carboxylic acids is 1. The zero-order chi connectivity index (χ0) is 25.9. The third-order valence-electron chi connectivity index (χ3n) is 7.45. The van der Waals surface area contributed by atoms with E-state index in [1.807, 2.05) is 26.1 Å². The Labute approximate surface area is 214 Å². The molecule has 0 unspecified atom stereocenters. The number of aromatic nitrogens is 1. The number of carbonyl (C=O) groups is 1. The van der Waals surface area contributed by atoms with Gasteiger partial charge in [-0.05, 0) is 43.5 Å². The number of fused-ring (bicyclic) bond motifs is 1. The van der Waals surface area contributed by atoms with Crippen LogP contribution in [0, 0.1) is 11.8 Å². The summed E-state index contributed by atoms with van der Waals surface area (Å²) in [7, 11) is -2.11. The third-order valence-corrected chi connectivity index (χ3v) is 9.47. The Morgan fingerprint density at radius 2 is 1.97 bits per heavy atom. The molecular formula is C27H37N3O5S. The molecular weight excluding hydrogens is 478 g/mol. The van der Waals surface area contributed by atoms with Gasteiger partial charge in [0.25, 0.3) is 0 Å². The molecule has 1 amide bonds. The summed E-state index contributed by atoms with van der Waals surface area (Å²) in [4.78, 5) is 19.1. The Bertz CT molecular complexity index is 1150. The molecule has 196 valence electrons. The van der Waals surface area contributed by atoms with Crippen molar-refractivity contribution in [1.29, 1.82) is 0 Å². The molecule has 9 heteroatoms. The van der Waals surface area contributed by atoms with Crippen LogP contribution in [0.5, 0.6) is 5.75 Å². The minimum atomic E-state index is -3.92. The van der Waals surface area contributed by atoms with Crippen molar-refractivity contribution >= 4 is 15.9 Å². The minimum Gasteiger partial charge on any atom is -0.487 e. The number of amides is 1. The molecule has 1 aliphatic heterocycles. The van der Waals surface area contributed by atoms with E-state index in [1.165, 1.54) is 10.7 Å². The van der Waals surface area contributed by atoms with Gasteiger partial charge >= 0.3 is 0 Å². The largest absolute Gasteiger partial charge is 0.487 e. The zero-order valence-electron chi connectivity index (χ0n) is 21.3. The number of likely N-dealkylation sites (N-methyl/N-ethyl adjacent to an activating group) is 1. The van der Waals surface area contributed by atoms with Gasteiger partial charge in [-0.3, -0.25) is 9.78 Å². The normalized spacial score (nSPS) is 23.6. The highest BCUT2D eigenvalue weighted by Crippen LogP contribution is 2.36. The van der Waals surface area contributed by atoms with E-state index in [2.05, 4.69) is 4.98 Å². The molecule has 8 nitrogen and oxygen atoms in total. The highest BCUT2D eigenvalue weighted by molar-refractivity contribution is 7.89. The number of ether oxygens (including phenoxy) is 1. The second-order valence-corrected chi connectivity index (χ2v) is 12.1. The van der Waals surface area contributed by atoms with Gasteiger partial charge in [0.05, 0.1) is 13.2 Å². The standard InChI is InChI=1S/C27H37N3O5S/c1-19-16-30(20(2)18-31)36(33,34)26-12-11-22(23-10-7-13-28-15-23)14-24(26)35-25(19)17-29(3)27(32)21-8-5-4-6-9-21/h7,10-15,19-21,25,31H,4-6,8-9,16-18H2,1-3H3/t19-,20+,25+/m0/s1. The number of hydrogen-bond donors (Lipinski definition) is 1. The summed E-state index contributed by atoms with van der Waals surface area (Å²) in [5.74, 6) is 0.209. The Balaban J connectivity index is 1.70. The van der Waals surface area contributed by atoms with Gasteiger partial charge in [-0.15, -0.1) is 0 Å². The van der Waals surface area contributed by atoms with E-state index in [0.717, 1.165) is 36.8 Å². The number of hydrogen-bond acceptors (Lipinski definition) is 6. The molecule has 1 aromatic heterocycles. The molecule has 0 spiro atoms. The topological polar surface area (TPSA) is 100 Å². The molecule has 1 fully saturated rings. The molecule has 4 rings (SSSR count). The molecule has 1 aliphatic carbocycles. The molecule has 0 saturated heterocycles. The van der Waals surface area contributed by atoms with Crippen LogP contribution in [0.25, 0.3) is 11.1 Å². The maximum absolute atomic E-state index is 13.7. The van der Waals surface area contributed by atoms with Crippen molar-refractivity contribution < 1.29 is 23.1 Å². The summed E-state index contributed by atoms with van der Waals surface area (Å²) in [6, 6.07) is 8.18. The second kappa shape index (κ2) is 11.3. The summed E-state index contributed by atoms with van der Waals surface area (Å²) < 4.78 is 35.1. The summed E-state index contributed by atoms with van der Waals surface area (Å²) in [6.07, 6.45) is 8.16. The Morgan fingerprint density at radius 3 is 2.64 bits per heavy atom. The van der Waals surface area contributed by atoms with E-state index in [0.29, 0.717) is 6.54 Å². The first-order valence-electron chi connectivity index (χ1n) is 12.8. The summed E-state index contributed by atoms with van der Waals surface area (Å²) in [5.41, 5.74) is 1.63. The van der Waals surface area contributed by atoms with Gasteiger partial charge in [0, 0.05) is 49.4 Å². The van der Waals surface area contributed by atoms with Gasteiger partial charge in [-0.1, -0.05) is 38.3 Å². The fourth-order valence-corrected chi connectivity index (χ4v) is 7.00. The lowest BCUT2D eigenvalue weighted by Gasteiger charge is -2.38. The maximum Gasteiger partial charge on any atom is 0.247 e. The van der Waals surface area contributed by atoms with Crippen molar-refractivity contribution in [3.63, 3.8) is 0 Å². The summed E-state index contributed by atoms with van der Waals surface area (Å²) in [5, 5.41) is 9.84. The lowest BCUT2D eigenvalue weighted by molar-refractivity contribution is -0.136. The van der Waals surface area contributed by atoms with E-state index in [-0.39, 0.29) is 41.5 Å². The number of pyridine rings is 1. The molecule has 36 heavy (non-hydrogen) atoms. The summed E-state index contributed by atoms with van der Waals surface area (Å²) >= 11 is 0. The third kappa shape index (κ3) is 5.58. The highest BCUT2D eigenvalue weighted by atomic mass is 32.2. The molecule has 1 aromatic carbocycles. The number of sulfonamides is 1. The molecule has 3 atom stereocenters. The zero-order valence-corrected chi connectivity index (χ0v) is 22.2. The monoisotopic (exact) mass is 515 g/mol. The first kappa shape index (κ1) is 26.6. The van der Waals surface area contributed by atoms with E-state index in [1.54, 1.807) is 42.4 Å². The van der Waals surface area contributed by atoms with Crippen LogP contribution in [0.4, 0.5) is 0 Å². The lowest BCUT2D eigenvalue weighted by Crippen LogP contribution is -2.50. The predicted molar refractivity (Wildman–Crippen MR) is 138 cm³/mol. The van der Waals surface area contributed by atoms with Crippen LogP contribution in [0.1, 0.15) is 46.0 Å². The Morgan fingerprint density at radius 1 is 1.22 bits per heavy atom. The smallest absolute Gasteiger partial charge is 0.247 e. The molecule has 1 saturated carbocycles. The van der Waals surface area contributed by atoms with Gasteiger partial charge in [0.1, 0.15) is 16.7 Å². The van der Waals surface area contributed by atoms with Crippen LogP contribution >= 0.6 is 0 Å². The number of rotatable bonds is 6. The molecule has 0 radical (unpaired) electrons. The molecule has 2 aromatic rings. The van der Waals surface area contributed by atoms with Gasteiger partial charge in [-0.2, -0.15) is 4.31 Å². The highest BCUT2D eigenvalue weighted by Gasteiger charge is 2.39. The van der Waals surface area contributed by atoms with E-state index >= 15 is 0 Å². The fourth-order valence-electron chi connectivity index (χ4n) is 5.18. The maximum atomic E-state index is 13.7. The van der Waals surface area contributed by atoms with Crippen LogP contribution in [0.2, 0.25) is 0 Å². The van der Waals surface area contributed by atoms with Crippen LogP contribution in [-0.4, -0.2) is 72.5 Å². The number of benzene rings is 1. The minimum absolute atomic E-state index is 0.0448. The van der Waals surface area contributed by atoms with Crippen molar-refractivity contribution in [2.75, 3.05) is 26.7 Å². The van der Waals surface area contributed by atoms with Crippen LogP contribution in [0.3, 0.4) is 0 Å². The molecule has 2 heterocycles. The van der Waals surface area contributed by atoms with Crippen molar-refractivity contribution in [2.24, 2.45) is 11.8 Å². The Kier molecular flexibility index (Phi) is 8.32. The second-order valence-electron chi connectivity index (χ2n) is 10.2. The van der Waals surface area contributed by atoms with E-state index in [9.17, 15) is 18.3 Å². The van der Waals surface area contributed by atoms with Crippen molar-refractivity contribution in [3.05, 3.63) is 42.7 Å². The molecule has 0 bridgehead atoms. The van der Waals surface area contributed by atoms with Crippen LogP contribution in [-0.2, 0) is 14.8 Å². The molecule has 2 aliphatic rings. The average molecular weight is 516 g/mol. The quantitative estimate of drug-likeness (QED) is 0.632. The van der Waals surface area contributed by atoms with Gasteiger partial charge in [-0.25, -0.2) is 8.42 Å². The average Bonchev–Trinajstić information content (AvgIpc) is 2.90. The number of nitrogens with zero attached hydrogens (tertiary/aromatic N) is 3. The lowest BCUT2D eigenvalue weighted by atomic mass is 9.88. The van der Waals surface area contributed by atoms with Crippen molar-refractivity contribution in [1.82, 2.24) is 14.2 Å².